The van der Waals surface area contributed by atoms with Crippen molar-refractivity contribution in [1.82, 2.24) is 5.16 Å². The summed E-state index contributed by atoms with van der Waals surface area (Å²) in [6.45, 7) is 2.70. The van der Waals surface area contributed by atoms with Gasteiger partial charge in [0.05, 0.1) is 23.3 Å². The molecule has 1 aromatic carbocycles. The number of nitrogens with zero attached hydrogens (tertiary/aromatic N) is 1. The molecule has 1 aliphatic carbocycles. The summed E-state index contributed by atoms with van der Waals surface area (Å²) in [6, 6.07) is 3.84. The van der Waals surface area contributed by atoms with Crippen molar-refractivity contribution in [2.24, 2.45) is 0 Å². The zero-order valence-corrected chi connectivity index (χ0v) is 12.5. The molecule has 2 aromatic rings. The third-order valence-electron chi connectivity index (χ3n) is 3.92. The number of ether oxygens (including phenoxy) is 1. The summed E-state index contributed by atoms with van der Waals surface area (Å²) >= 11 is 1.69. The first kappa shape index (κ1) is 13.0. The SMILES string of the molecule is Cc1ccc(C(=O)c2cnoc2C2CC2)c2c1OCCS2. The number of carbonyl (C=O) groups excluding carboxylic acids is 1. The normalized spacial score (nSPS) is 17.2. The van der Waals surface area contributed by atoms with Crippen molar-refractivity contribution in [3.8, 4) is 5.75 Å². The third-order valence-corrected chi connectivity index (χ3v) is 4.99. The Morgan fingerprint density at radius 1 is 1.33 bits per heavy atom. The molecule has 4 rings (SSSR count). The number of benzene rings is 1. The maximum Gasteiger partial charge on any atom is 0.199 e. The van der Waals surface area contributed by atoms with E-state index < -0.39 is 0 Å². The first-order chi connectivity index (χ1) is 10.3. The molecule has 1 fully saturated rings. The molecular weight excluding hydrogens is 286 g/mol. The van der Waals surface area contributed by atoms with Gasteiger partial charge in [-0.3, -0.25) is 4.79 Å². The Kier molecular flexibility index (Phi) is 3.03. The average Bonchev–Trinajstić information content (AvgIpc) is 3.24. The summed E-state index contributed by atoms with van der Waals surface area (Å²) in [5.74, 6) is 2.83. The van der Waals surface area contributed by atoms with Gasteiger partial charge in [0.2, 0.25) is 0 Å². The molecule has 0 amide bonds. The third kappa shape index (κ3) is 2.16. The first-order valence-electron chi connectivity index (χ1n) is 7.14. The van der Waals surface area contributed by atoms with E-state index in [9.17, 15) is 4.79 Å². The molecule has 1 aliphatic heterocycles. The van der Waals surface area contributed by atoms with Gasteiger partial charge in [-0.2, -0.15) is 0 Å². The van der Waals surface area contributed by atoms with Crippen molar-refractivity contribution in [3.63, 3.8) is 0 Å². The van der Waals surface area contributed by atoms with Crippen molar-refractivity contribution in [2.75, 3.05) is 12.4 Å². The summed E-state index contributed by atoms with van der Waals surface area (Å²) in [4.78, 5) is 13.8. The molecule has 0 radical (unpaired) electrons. The zero-order valence-electron chi connectivity index (χ0n) is 11.7. The van der Waals surface area contributed by atoms with E-state index in [-0.39, 0.29) is 5.78 Å². The molecule has 21 heavy (non-hydrogen) atoms. The van der Waals surface area contributed by atoms with Gasteiger partial charge in [-0.1, -0.05) is 11.2 Å². The lowest BCUT2D eigenvalue weighted by molar-refractivity contribution is 0.103. The highest BCUT2D eigenvalue weighted by atomic mass is 32.2. The van der Waals surface area contributed by atoms with Crippen LogP contribution in [0.2, 0.25) is 0 Å². The van der Waals surface area contributed by atoms with Gasteiger partial charge in [0.15, 0.2) is 11.5 Å². The standard InChI is InChI=1S/C16H15NO3S/c1-9-2-5-11(16-14(9)19-6-7-21-16)13(18)12-8-17-20-15(12)10-3-4-10/h2,5,8,10H,3-4,6-7H2,1H3. The highest BCUT2D eigenvalue weighted by molar-refractivity contribution is 7.99. The fourth-order valence-electron chi connectivity index (χ4n) is 2.65. The van der Waals surface area contributed by atoms with Crippen LogP contribution >= 0.6 is 11.8 Å². The topological polar surface area (TPSA) is 52.3 Å². The fourth-order valence-corrected chi connectivity index (χ4v) is 3.69. The Morgan fingerprint density at radius 3 is 3.00 bits per heavy atom. The number of ketones is 1. The second-order valence-corrected chi connectivity index (χ2v) is 6.60. The quantitative estimate of drug-likeness (QED) is 0.811. The highest BCUT2D eigenvalue weighted by Gasteiger charge is 2.33. The van der Waals surface area contributed by atoms with Crippen LogP contribution in [0.15, 0.2) is 27.7 Å². The lowest BCUT2D eigenvalue weighted by atomic mass is 10.0. The minimum absolute atomic E-state index is 0.00704. The Bertz CT molecular complexity index is 718. The van der Waals surface area contributed by atoms with Crippen LogP contribution in [0.3, 0.4) is 0 Å². The maximum atomic E-state index is 12.9. The second-order valence-electron chi connectivity index (χ2n) is 5.49. The van der Waals surface area contributed by atoms with E-state index in [1.54, 1.807) is 18.0 Å². The van der Waals surface area contributed by atoms with Crippen LogP contribution < -0.4 is 4.74 Å². The smallest absolute Gasteiger partial charge is 0.199 e. The molecule has 2 aliphatic rings. The van der Waals surface area contributed by atoms with Gasteiger partial charge >= 0.3 is 0 Å². The van der Waals surface area contributed by atoms with E-state index >= 15 is 0 Å². The number of fused-ring (bicyclic) bond motifs is 1. The Balaban J connectivity index is 1.79. The summed E-state index contributed by atoms with van der Waals surface area (Å²) in [5, 5.41) is 3.83. The number of hydrogen-bond donors (Lipinski definition) is 0. The number of hydrogen-bond acceptors (Lipinski definition) is 5. The molecule has 0 unspecified atom stereocenters. The van der Waals surface area contributed by atoms with Gasteiger partial charge in [-0.05, 0) is 31.4 Å². The molecule has 4 nitrogen and oxygen atoms in total. The van der Waals surface area contributed by atoms with Crippen LogP contribution in [0.5, 0.6) is 5.75 Å². The number of rotatable bonds is 3. The largest absolute Gasteiger partial charge is 0.491 e. The van der Waals surface area contributed by atoms with Gasteiger partial charge in [0.25, 0.3) is 0 Å². The Labute approximate surface area is 126 Å². The monoisotopic (exact) mass is 301 g/mol. The first-order valence-corrected chi connectivity index (χ1v) is 8.12. The van der Waals surface area contributed by atoms with Gasteiger partial charge in [0, 0.05) is 17.2 Å². The molecule has 108 valence electrons. The van der Waals surface area contributed by atoms with Crippen molar-refractivity contribution in [2.45, 2.75) is 30.6 Å². The summed E-state index contributed by atoms with van der Waals surface area (Å²) in [5.41, 5.74) is 2.38. The van der Waals surface area contributed by atoms with E-state index in [4.69, 9.17) is 9.26 Å². The van der Waals surface area contributed by atoms with Crippen LogP contribution in [-0.2, 0) is 0 Å². The van der Waals surface area contributed by atoms with Crippen LogP contribution in [0, 0.1) is 6.92 Å². The van der Waals surface area contributed by atoms with Crippen molar-refractivity contribution in [3.05, 3.63) is 40.8 Å². The predicted octanol–water partition coefficient (Wildman–Crippen LogP) is 3.58. The summed E-state index contributed by atoms with van der Waals surface area (Å²) in [7, 11) is 0. The Hall–Kier alpha value is -1.75. The van der Waals surface area contributed by atoms with Crippen molar-refractivity contribution >= 4 is 17.5 Å². The molecule has 0 spiro atoms. The Morgan fingerprint density at radius 2 is 2.19 bits per heavy atom. The van der Waals surface area contributed by atoms with Crippen LogP contribution in [0.25, 0.3) is 0 Å². The van der Waals surface area contributed by atoms with Crippen LogP contribution in [-0.4, -0.2) is 23.3 Å². The van der Waals surface area contributed by atoms with Gasteiger partial charge in [0.1, 0.15) is 5.75 Å². The van der Waals surface area contributed by atoms with Crippen molar-refractivity contribution < 1.29 is 14.1 Å². The number of carbonyl (C=O) groups is 1. The van der Waals surface area contributed by atoms with E-state index in [1.165, 1.54) is 0 Å². The van der Waals surface area contributed by atoms with Gasteiger partial charge in [-0.25, -0.2) is 0 Å². The van der Waals surface area contributed by atoms with Crippen LogP contribution in [0.1, 0.15) is 46.0 Å². The molecule has 0 atom stereocenters. The maximum absolute atomic E-state index is 12.9. The highest BCUT2D eigenvalue weighted by Crippen LogP contribution is 2.44. The van der Waals surface area contributed by atoms with Crippen LogP contribution in [0.4, 0.5) is 0 Å². The van der Waals surface area contributed by atoms with E-state index in [0.29, 0.717) is 23.7 Å². The molecule has 2 heterocycles. The van der Waals surface area contributed by atoms with E-state index in [0.717, 1.165) is 40.6 Å². The second kappa shape index (κ2) is 4.91. The zero-order chi connectivity index (χ0) is 14.4. The molecule has 1 aromatic heterocycles. The minimum Gasteiger partial charge on any atom is -0.491 e. The minimum atomic E-state index is -0.00704. The van der Waals surface area contributed by atoms with E-state index in [1.807, 2.05) is 19.1 Å². The summed E-state index contributed by atoms with van der Waals surface area (Å²) in [6.07, 6.45) is 3.72. The molecule has 0 N–H and O–H groups in total. The van der Waals surface area contributed by atoms with E-state index in [2.05, 4.69) is 5.16 Å². The molecule has 5 heteroatoms. The fraction of sp³-hybridized carbons (Fsp3) is 0.375. The average molecular weight is 301 g/mol. The molecule has 1 saturated carbocycles. The molecular formula is C16H15NO3S. The van der Waals surface area contributed by atoms with Gasteiger partial charge in [-0.15, -0.1) is 11.8 Å². The summed E-state index contributed by atoms with van der Waals surface area (Å²) < 4.78 is 11.0. The number of thioether (sulfide) groups is 1. The number of aryl methyl sites for hydroxylation is 1. The molecule has 0 bridgehead atoms. The predicted molar refractivity (Wildman–Crippen MR) is 79.3 cm³/mol. The van der Waals surface area contributed by atoms with Gasteiger partial charge < -0.3 is 9.26 Å². The molecule has 0 saturated heterocycles. The number of aromatic nitrogens is 1. The lowest BCUT2D eigenvalue weighted by Crippen LogP contribution is -2.12. The lowest BCUT2D eigenvalue weighted by Gasteiger charge is -2.21. The van der Waals surface area contributed by atoms with Crippen molar-refractivity contribution in [1.29, 1.82) is 0 Å².